The molecule has 33 heavy (non-hydrogen) atoms. The predicted molar refractivity (Wildman–Crippen MR) is 102 cm³/mol. The molecule has 1 fully saturated rings. The Hall–Kier alpha value is -2.10. The zero-order chi connectivity index (χ0) is 25.5. The van der Waals surface area contributed by atoms with Gasteiger partial charge in [-0.1, -0.05) is 49.6 Å². The van der Waals surface area contributed by atoms with Crippen LogP contribution in [0.25, 0.3) is 0 Å². The maximum atomic E-state index is 12.2. The Labute approximate surface area is 216 Å². The van der Waals surface area contributed by atoms with Gasteiger partial charge in [-0.3, -0.25) is 4.79 Å². The number of ketones is 1. The summed E-state index contributed by atoms with van der Waals surface area (Å²) in [5.41, 5.74) is 1.14. The second kappa shape index (κ2) is 47.6. The molecule has 0 bridgehead atoms. The minimum Gasteiger partial charge on any atom is 0 e. The fourth-order valence-electron chi connectivity index (χ4n) is 2.75. The number of rotatable bonds is 3. The van der Waals surface area contributed by atoms with Gasteiger partial charge in [0.25, 0.3) is 0 Å². The Morgan fingerprint density at radius 1 is 0.848 bits per heavy atom. The van der Waals surface area contributed by atoms with E-state index in [-0.39, 0.29) is 45.4 Å². The Kier molecular flexibility index (Phi) is 69.8. The van der Waals surface area contributed by atoms with Crippen LogP contribution in [-0.2, 0) is 66.3 Å². The van der Waals surface area contributed by atoms with E-state index in [2.05, 4.69) is 70.8 Å². The molecule has 0 saturated heterocycles. The molecule has 0 aromatic heterocycles. The van der Waals surface area contributed by atoms with Crippen LogP contribution in [0.15, 0.2) is 30.3 Å². The summed E-state index contributed by atoms with van der Waals surface area (Å²) < 4.78 is 45.0. The van der Waals surface area contributed by atoms with Gasteiger partial charge in [-0.15, -0.1) is 5.92 Å². The van der Waals surface area contributed by atoms with Gasteiger partial charge in [0.05, 0.1) is 5.92 Å². The van der Waals surface area contributed by atoms with E-state index in [1.165, 1.54) is 6.42 Å². The molecule has 2 radical (unpaired) electrons. The number of benzene rings is 1. The van der Waals surface area contributed by atoms with Crippen LogP contribution >= 0.6 is 0 Å². The number of Topliss-reactive ketones (excluding diaryl/α,β-unsaturated/α-hetero) is 1. The van der Waals surface area contributed by atoms with Crippen LogP contribution in [0.3, 0.4) is 0 Å². The summed E-state index contributed by atoms with van der Waals surface area (Å²) in [6, 6.07) is 10.2. The SMILES string of the molecule is CCCCC#C[C@H]1CCCC(=O)[C@H]1c1ccccc1.[C-]#[O+].[C-]#[O+].[C-]#[O+].[C-]#[O+].[C-]#[O+].[C-]#[O+].[Co].[Co]. The van der Waals surface area contributed by atoms with Crippen LogP contribution in [0.4, 0.5) is 0 Å². The van der Waals surface area contributed by atoms with Gasteiger partial charge < -0.3 is 0 Å². The van der Waals surface area contributed by atoms with E-state index < -0.39 is 0 Å². The average Bonchev–Trinajstić information content (AvgIpc) is 2.90. The van der Waals surface area contributed by atoms with Gasteiger partial charge in [0.2, 0.25) is 0 Å². The number of unbranched alkanes of at least 4 members (excludes halogenated alkanes) is 2. The van der Waals surface area contributed by atoms with Crippen molar-refractivity contribution in [1.29, 1.82) is 0 Å². The molecule has 0 aliphatic heterocycles. The molecule has 0 spiro atoms. The average molecular weight is 540 g/mol. The van der Waals surface area contributed by atoms with Crippen molar-refractivity contribution in [1.82, 2.24) is 0 Å². The van der Waals surface area contributed by atoms with E-state index in [1.807, 2.05) is 18.2 Å². The molecule has 2 atom stereocenters. The van der Waals surface area contributed by atoms with Crippen LogP contribution in [0, 0.1) is 57.7 Å². The molecule has 0 N–H and O–H groups in total. The molecule has 1 aromatic carbocycles. The van der Waals surface area contributed by atoms with E-state index in [4.69, 9.17) is 27.9 Å². The minimum atomic E-state index is 0. The molecular formula is C24H22Co2O7. The summed E-state index contributed by atoms with van der Waals surface area (Å²) in [6.45, 7) is 29.2. The molecule has 2 rings (SSSR count). The zero-order valence-electron chi connectivity index (χ0n) is 17.8. The third-order valence-electron chi connectivity index (χ3n) is 3.79. The van der Waals surface area contributed by atoms with Gasteiger partial charge in [-0.25, -0.2) is 0 Å². The molecule has 0 heterocycles. The van der Waals surface area contributed by atoms with Crippen molar-refractivity contribution in [3.8, 4) is 11.8 Å². The molecule has 0 unspecified atom stereocenters. The summed E-state index contributed by atoms with van der Waals surface area (Å²) in [6.07, 6.45) is 6.07. The largest absolute Gasteiger partial charge is 0 e. The van der Waals surface area contributed by atoms with Crippen molar-refractivity contribution in [3.63, 3.8) is 0 Å². The number of hydrogen-bond donors (Lipinski definition) is 0. The summed E-state index contributed by atoms with van der Waals surface area (Å²) in [5, 5.41) is 0. The van der Waals surface area contributed by atoms with Crippen molar-refractivity contribution < 1.29 is 66.3 Å². The second-order valence-electron chi connectivity index (χ2n) is 5.28. The van der Waals surface area contributed by atoms with Crippen LogP contribution in [0.5, 0.6) is 0 Å². The van der Waals surface area contributed by atoms with Crippen LogP contribution in [0.1, 0.15) is 56.9 Å². The molecule has 1 aliphatic carbocycles. The number of carbonyl (C=O) groups excluding carboxylic acids is 1. The molecule has 9 heteroatoms. The quantitative estimate of drug-likeness (QED) is 0.243. The molecule has 178 valence electrons. The maximum Gasteiger partial charge on any atom is 0 e. The van der Waals surface area contributed by atoms with Gasteiger partial charge in [0, 0.05) is 52.3 Å². The summed E-state index contributed by atoms with van der Waals surface area (Å²) in [4.78, 5) is 12.2. The van der Waals surface area contributed by atoms with Crippen LogP contribution in [-0.4, -0.2) is 5.78 Å². The zero-order valence-corrected chi connectivity index (χ0v) is 19.9. The van der Waals surface area contributed by atoms with Gasteiger partial charge in [0.1, 0.15) is 5.78 Å². The fraction of sp³-hybridized carbons (Fsp3) is 0.375. The smallest absolute Gasteiger partial charge is 0 e. The van der Waals surface area contributed by atoms with Crippen molar-refractivity contribution in [2.75, 3.05) is 0 Å². The van der Waals surface area contributed by atoms with Crippen molar-refractivity contribution >= 4 is 5.78 Å². The molecular weight excluding hydrogens is 518 g/mol. The Bertz CT molecular complexity index is 677. The minimum absolute atomic E-state index is 0. The van der Waals surface area contributed by atoms with Gasteiger partial charge in [0.15, 0.2) is 0 Å². The van der Waals surface area contributed by atoms with Gasteiger partial charge in [-0.05, 0) is 24.8 Å². The van der Waals surface area contributed by atoms with Crippen molar-refractivity contribution in [3.05, 3.63) is 75.8 Å². The molecule has 1 aromatic rings. The van der Waals surface area contributed by atoms with Crippen molar-refractivity contribution in [2.45, 2.75) is 51.4 Å². The first-order chi connectivity index (χ1) is 15.3. The summed E-state index contributed by atoms with van der Waals surface area (Å²) in [7, 11) is 0. The molecule has 1 aliphatic rings. The monoisotopic (exact) mass is 540 g/mol. The molecule has 0 amide bonds. The summed E-state index contributed by atoms with van der Waals surface area (Å²) in [5.74, 6) is 7.23. The van der Waals surface area contributed by atoms with E-state index in [9.17, 15) is 4.79 Å². The Morgan fingerprint density at radius 3 is 1.73 bits per heavy atom. The predicted octanol–water partition coefficient (Wildman–Crippen LogP) is 4.10. The van der Waals surface area contributed by atoms with E-state index >= 15 is 0 Å². The van der Waals surface area contributed by atoms with Gasteiger partial charge in [-0.2, -0.15) is 0 Å². The molecule has 7 nitrogen and oxygen atoms in total. The Morgan fingerprint density at radius 2 is 1.30 bits per heavy atom. The standard InChI is InChI=1S/C18H22O.6CO.2Co/c1-2-3-4-6-10-16-13-9-14-17(19)18(16)15-11-7-5-8-12-15;6*1-2;;/h5,7-8,11-12,16,18H,2-4,9,13-14H2,1H3;;;;;;;;/t16-,18-;;;;;;;;/m0......../s1. The Balaban J connectivity index is -0.0000000844. The van der Waals surface area contributed by atoms with Crippen LogP contribution < -0.4 is 0 Å². The number of carbonyl (C=O) groups is 1. The first-order valence-electron chi connectivity index (χ1n) is 8.61. The third-order valence-corrected chi connectivity index (χ3v) is 3.79. The first-order valence-corrected chi connectivity index (χ1v) is 8.61. The first kappa shape index (κ1) is 48.4. The topological polar surface area (TPSA) is 136 Å². The van der Waals surface area contributed by atoms with Crippen molar-refractivity contribution in [2.24, 2.45) is 5.92 Å². The summed E-state index contributed by atoms with van der Waals surface area (Å²) >= 11 is 0. The number of hydrogen-bond acceptors (Lipinski definition) is 1. The normalized spacial score (nSPS) is 13.4. The van der Waals surface area contributed by atoms with E-state index in [0.29, 0.717) is 12.2 Å². The second-order valence-corrected chi connectivity index (χ2v) is 5.28. The van der Waals surface area contributed by atoms with E-state index in [0.717, 1.165) is 31.2 Å². The molecule has 1 saturated carbocycles. The van der Waals surface area contributed by atoms with Crippen LogP contribution in [0.2, 0.25) is 0 Å². The maximum absolute atomic E-state index is 12.2. The third kappa shape index (κ3) is 26.0. The van der Waals surface area contributed by atoms with Gasteiger partial charge >= 0.3 is 67.8 Å². The van der Waals surface area contributed by atoms with E-state index in [1.54, 1.807) is 0 Å². The fourth-order valence-corrected chi connectivity index (χ4v) is 2.75.